The second-order valence-corrected chi connectivity index (χ2v) is 11.4. The van der Waals surface area contributed by atoms with E-state index in [1.165, 1.54) is 6.42 Å². The van der Waals surface area contributed by atoms with Crippen LogP contribution in [0.5, 0.6) is 5.75 Å². The van der Waals surface area contributed by atoms with Crippen molar-refractivity contribution in [3.8, 4) is 16.9 Å². The lowest BCUT2D eigenvalue weighted by Gasteiger charge is -2.61. The van der Waals surface area contributed by atoms with E-state index in [9.17, 15) is 0 Å². The Labute approximate surface area is 209 Å². The van der Waals surface area contributed by atoms with Crippen molar-refractivity contribution >= 4 is 0 Å². The maximum absolute atomic E-state index is 6.72. The van der Waals surface area contributed by atoms with Crippen LogP contribution in [0, 0.1) is 23.7 Å². The first-order chi connectivity index (χ1) is 17.0. The van der Waals surface area contributed by atoms with E-state index in [1.807, 2.05) is 24.3 Å². The summed E-state index contributed by atoms with van der Waals surface area (Å²) < 4.78 is 19.3. The van der Waals surface area contributed by atoms with Gasteiger partial charge in [0.25, 0.3) is 0 Å². The zero-order chi connectivity index (χ0) is 24.0. The fraction of sp³-hybridized carbons (Fsp3) is 0.600. The second-order valence-electron chi connectivity index (χ2n) is 11.4. The van der Waals surface area contributed by atoms with Gasteiger partial charge in [-0.1, -0.05) is 62.4 Å². The Morgan fingerprint density at radius 1 is 0.886 bits per heavy atom. The molecule has 188 valence electrons. The average Bonchev–Trinajstić information content (AvgIpc) is 3.11. The van der Waals surface area contributed by atoms with Gasteiger partial charge in [-0.15, -0.1) is 0 Å². The third-order valence-electron chi connectivity index (χ3n) is 9.23. The van der Waals surface area contributed by atoms with Crippen molar-refractivity contribution in [1.29, 1.82) is 0 Å². The Morgan fingerprint density at radius 2 is 1.69 bits per heavy atom. The summed E-state index contributed by atoms with van der Waals surface area (Å²) in [5.41, 5.74) is 1.64. The number of hydrogen-bond acceptors (Lipinski definition) is 5. The van der Waals surface area contributed by atoms with Crippen molar-refractivity contribution in [2.45, 2.75) is 76.5 Å². The smallest absolute Gasteiger partial charge is 0.161 e. The van der Waals surface area contributed by atoms with Crippen molar-refractivity contribution in [2.24, 2.45) is 23.7 Å². The first-order valence-electron chi connectivity index (χ1n) is 13.4. The molecule has 2 aromatic rings. The molecule has 2 aromatic carbocycles. The Kier molecular flexibility index (Phi) is 6.16. The summed E-state index contributed by atoms with van der Waals surface area (Å²) >= 11 is 0. The van der Waals surface area contributed by atoms with Gasteiger partial charge in [0.15, 0.2) is 6.29 Å². The van der Waals surface area contributed by atoms with Crippen LogP contribution in [-0.4, -0.2) is 36.8 Å². The first-order valence-corrected chi connectivity index (χ1v) is 13.4. The number of ether oxygens (including phenoxy) is 3. The van der Waals surface area contributed by atoms with Crippen LogP contribution in [0.25, 0.3) is 11.1 Å². The quantitative estimate of drug-likeness (QED) is 0.354. The second kappa shape index (κ2) is 9.19. The molecule has 7 rings (SSSR count). The molecule has 8 atom stereocenters. The minimum Gasteiger partial charge on any atom is -0.491 e. The topological polar surface area (TPSA) is 46.2 Å². The van der Waals surface area contributed by atoms with Crippen molar-refractivity contribution in [1.82, 2.24) is 0 Å². The van der Waals surface area contributed by atoms with Crippen molar-refractivity contribution in [2.75, 3.05) is 13.2 Å². The highest BCUT2D eigenvalue weighted by molar-refractivity contribution is 5.70. The van der Waals surface area contributed by atoms with Crippen LogP contribution in [0.1, 0.15) is 52.9 Å². The van der Waals surface area contributed by atoms with Gasteiger partial charge in [-0.3, -0.25) is 0 Å². The number of benzene rings is 2. The molecule has 3 saturated heterocycles. The molecule has 0 radical (unpaired) electrons. The van der Waals surface area contributed by atoms with Crippen LogP contribution in [0.3, 0.4) is 0 Å². The minimum absolute atomic E-state index is 0.0161. The third-order valence-corrected chi connectivity index (χ3v) is 9.23. The molecule has 1 spiro atoms. The highest BCUT2D eigenvalue weighted by atomic mass is 17.2. The summed E-state index contributed by atoms with van der Waals surface area (Å²) in [6.45, 7) is 7.79. The summed E-state index contributed by atoms with van der Waals surface area (Å²) in [6.07, 6.45) is 5.21. The molecular formula is C30H38O5. The fourth-order valence-electron chi connectivity index (χ4n) is 7.38. The lowest BCUT2D eigenvalue weighted by atomic mass is 9.56. The molecule has 3 heterocycles. The van der Waals surface area contributed by atoms with Crippen LogP contribution in [0.2, 0.25) is 0 Å². The summed E-state index contributed by atoms with van der Waals surface area (Å²) in [7, 11) is 0. The predicted molar refractivity (Wildman–Crippen MR) is 134 cm³/mol. The SMILES string of the molecule is C[C@H]1[C@@H](OCCOc2ccccc2-c2ccccc2)O[C@@H]2C[C@@]3(C)CC[C@H]4[C@H](C)CC[C@@H]1[C@@]24OO3. The molecular weight excluding hydrogens is 440 g/mol. The van der Waals surface area contributed by atoms with Gasteiger partial charge in [0.05, 0.1) is 12.7 Å². The van der Waals surface area contributed by atoms with E-state index >= 15 is 0 Å². The van der Waals surface area contributed by atoms with Gasteiger partial charge in [0.1, 0.15) is 23.6 Å². The lowest BCUT2D eigenvalue weighted by molar-refractivity contribution is -0.495. The Bertz CT molecular complexity index is 1030. The van der Waals surface area contributed by atoms with Crippen LogP contribution < -0.4 is 4.74 Å². The van der Waals surface area contributed by atoms with E-state index in [0.717, 1.165) is 42.6 Å². The fourth-order valence-corrected chi connectivity index (χ4v) is 7.38. The number of para-hydroxylation sites is 1. The molecule has 35 heavy (non-hydrogen) atoms. The predicted octanol–water partition coefficient (Wildman–Crippen LogP) is 6.42. The molecule has 2 aliphatic carbocycles. The largest absolute Gasteiger partial charge is 0.491 e. The molecule has 0 unspecified atom stereocenters. The van der Waals surface area contributed by atoms with Crippen molar-refractivity contribution in [3.63, 3.8) is 0 Å². The Hall–Kier alpha value is -1.92. The molecule has 0 amide bonds. The first kappa shape index (κ1) is 23.5. The van der Waals surface area contributed by atoms with E-state index in [2.05, 4.69) is 51.1 Å². The highest BCUT2D eigenvalue weighted by Crippen LogP contribution is 2.61. The van der Waals surface area contributed by atoms with Crippen LogP contribution in [-0.2, 0) is 19.2 Å². The monoisotopic (exact) mass is 478 g/mol. The number of rotatable bonds is 6. The maximum Gasteiger partial charge on any atom is 0.161 e. The molecule has 5 aliphatic rings. The van der Waals surface area contributed by atoms with Gasteiger partial charge in [-0.2, -0.15) is 0 Å². The average molecular weight is 479 g/mol. The Morgan fingerprint density at radius 3 is 2.54 bits per heavy atom. The van der Waals surface area contributed by atoms with Gasteiger partial charge in [-0.05, 0) is 56.1 Å². The van der Waals surface area contributed by atoms with Gasteiger partial charge in [0, 0.05) is 23.8 Å². The van der Waals surface area contributed by atoms with Gasteiger partial charge >= 0.3 is 0 Å². The normalized spacial score (nSPS) is 40.1. The van der Waals surface area contributed by atoms with E-state index in [1.54, 1.807) is 0 Å². The molecule has 5 fully saturated rings. The van der Waals surface area contributed by atoms with E-state index in [0.29, 0.717) is 31.0 Å². The highest BCUT2D eigenvalue weighted by Gasteiger charge is 2.68. The molecule has 5 heteroatoms. The maximum atomic E-state index is 6.72. The van der Waals surface area contributed by atoms with Gasteiger partial charge in [0.2, 0.25) is 0 Å². The molecule has 2 bridgehead atoms. The molecule has 0 aromatic heterocycles. The number of hydrogen-bond donors (Lipinski definition) is 0. The zero-order valence-electron chi connectivity index (χ0n) is 21.2. The van der Waals surface area contributed by atoms with Gasteiger partial charge in [-0.25, -0.2) is 9.78 Å². The van der Waals surface area contributed by atoms with Crippen molar-refractivity contribution in [3.05, 3.63) is 54.6 Å². The summed E-state index contributed by atoms with van der Waals surface area (Å²) in [4.78, 5) is 12.5. The summed E-state index contributed by atoms with van der Waals surface area (Å²) in [6, 6.07) is 18.5. The molecule has 0 N–H and O–H groups in total. The van der Waals surface area contributed by atoms with Crippen LogP contribution in [0.15, 0.2) is 54.6 Å². The van der Waals surface area contributed by atoms with E-state index in [4.69, 9.17) is 24.0 Å². The minimum atomic E-state index is -0.335. The van der Waals surface area contributed by atoms with E-state index in [-0.39, 0.29) is 29.5 Å². The van der Waals surface area contributed by atoms with Crippen LogP contribution in [0.4, 0.5) is 0 Å². The third kappa shape index (κ3) is 4.01. The van der Waals surface area contributed by atoms with Gasteiger partial charge < -0.3 is 14.2 Å². The summed E-state index contributed by atoms with van der Waals surface area (Å²) in [5, 5.41) is 0. The standard InChI is InChI=1S/C30H38O5/c1-20-13-14-25-21(2)28(33-27-19-29(3)16-15-24(20)30(25,27)35-34-29)32-18-17-31-26-12-8-7-11-23(26)22-9-5-4-6-10-22/h4-12,20-21,24-25,27-28H,13-19H2,1-3H3/t20-,21-,24+,25+,27-,28+,29-,30-/m1/s1. The lowest BCUT2D eigenvalue weighted by Crippen LogP contribution is -2.69. The van der Waals surface area contributed by atoms with E-state index < -0.39 is 0 Å². The molecule has 2 saturated carbocycles. The Balaban J connectivity index is 1.13. The van der Waals surface area contributed by atoms with Crippen LogP contribution >= 0.6 is 0 Å². The molecule has 3 aliphatic heterocycles. The molecule has 5 nitrogen and oxygen atoms in total. The summed E-state index contributed by atoms with van der Waals surface area (Å²) in [5.74, 6) is 2.61. The zero-order valence-corrected chi connectivity index (χ0v) is 21.2. The van der Waals surface area contributed by atoms with Crippen molar-refractivity contribution < 1.29 is 24.0 Å². The number of fused-ring (bicyclic) bond motifs is 2.